The molecular weight excluding hydrogens is 178 g/mol. The summed E-state index contributed by atoms with van der Waals surface area (Å²) >= 11 is 0. The molecule has 3 heteroatoms. The van der Waals surface area contributed by atoms with E-state index in [1.807, 2.05) is 0 Å². The standard InChI is InChI=1S/C11H17NO2/c1-3-9-6-5-7-10(8-13)12(9)11(14)4-2/h3-4,9-10,13H,1-2,5-8H2/t9-,10-/m0/s1. The molecule has 0 spiro atoms. The van der Waals surface area contributed by atoms with Crippen molar-refractivity contribution in [1.82, 2.24) is 4.90 Å². The van der Waals surface area contributed by atoms with Gasteiger partial charge in [-0.1, -0.05) is 12.7 Å². The second kappa shape index (κ2) is 4.96. The molecule has 1 amide bonds. The average molecular weight is 195 g/mol. The van der Waals surface area contributed by atoms with E-state index in [1.165, 1.54) is 6.08 Å². The number of hydrogen-bond acceptors (Lipinski definition) is 2. The van der Waals surface area contributed by atoms with Crippen molar-refractivity contribution in [3.63, 3.8) is 0 Å². The van der Waals surface area contributed by atoms with E-state index < -0.39 is 0 Å². The molecule has 0 unspecified atom stereocenters. The summed E-state index contributed by atoms with van der Waals surface area (Å²) in [4.78, 5) is 13.2. The van der Waals surface area contributed by atoms with Gasteiger partial charge in [0.1, 0.15) is 0 Å². The first-order valence-electron chi connectivity index (χ1n) is 4.92. The minimum atomic E-state index is -0.117. The van der Waals surface area contributed by atoms with Crippen LogP contribution in [-0.4, -0.2) is 34.6 Å². The monoisotopic (exact) mass is 195 g/mol. The lowest BCUT2D eigenvalue weighted by Gasteiger charge is -2.39. The molecule has 0 saturated carbocycles. The number of rotatable bonds is 3. The van der Waals surface area contributed by atoms with Crippen molar-refractivity contribution in [2.24, 2.45) is 0 Å². The fourth-order valence-electron chi connectivity index (χ4n) is 1.97. The van der Waals surface area contributed by atoms with E-state index in [1.54, 1.807) is 11.0 Å². The molecule has 1 heterocycles. The highest BCUT2D eigenvalue weighted by Crippen LogP contribution is 2.23. The third-order valence-electron chi connectivity index (χ3n) is 2.70. The molecule has 1 N–H and O–H groups in total. The number of amides is 1. The van der Waals surface area contributed by atoms with Gasteiger partial charge in [-0.3, -0.25) is 4.79 Å². The molecular formula is C11H17NO2. The molecule has 1 saturated heterocycles. The van der Waals surface area contributed by atoms with Crippen molar-refractivity contribution in [2.45, 2.75) is 31.3 Å². The zero-order valence-corrected chi connectivity index (χ0v) is 8.35. The molecule has 1 fully saturated rings. The molecule has 1 rings (SSSR count). The van der Waals surface area contributed by atoms with Crippen LogP contribution in [0, 0.1) is 0 Å². The van der Waals surface area contributed by atoms with Gasteiger partial charge in [0.15, 0.2) is 0 Å². The number of nitrogens with zero attached hydrogens (tertiary/aromatic N) is 1. The van der Waals surface area contributed by atoms with Crippen molar-refractivity contribution in [3.8, 4) is 0 Å². The summed E-state index contributed by atoms with van der Waals surface area (Å²) in [5, 5.41) is 9.16. The topological polar surface area (TPSA) is 40.5 Å². The van der Waals surface area contributed by atoms with Crippen LogP contribution in [0.3, 0.4) is 0 Å². The molecule has 0 aromatic rings. The Morgan fingerprint density at radius 1 is 1.50 bits per heavy atom. The molecule has 0 aromatic heterocycles. The highest BCUT2D eigenvalue weighted by molar-refractivity contribution is 5.87. The van der Waals surface area contributed by atoms with Crippen LogP contribution < -0.4 is 0 Å². The van der Waals surface area contributed by atoms with E-state index in [2.05, 4.69) is 13.2 Å². The van der Waals surface area contributed by atoms with Crippen molar-refractivity contribution >= 4 is 5.91 Å². The van der Waals surface area contributed by atoms with Gasteiger partial charge in [-0.15, -0.1) is 6.58 Å². The zero-order valence-electron chi connectivity index (χ0n) is 8.35. The molecule has 14 heavy (non-hydrogen) atoms. The fourth-order valence-corrected chi connectivity index (χ4v) is 1.97. The Balaban J connectivity index is 2.82. The average Bonchev–Trinajstić information content (AvgIpc) is 2.26. The molecule has 78 valence electrons. The van der Waals surface area contributed by atoms with Crippen LogP contribution in [0.15, 0.2) is 25.3 Å². The SMILES string of the molecule is C=CC(=O)N1[C@H](CO)CCC[C@@H]1C=C. The Kier molecular flexibility index (Phi) is 3.89. The lowest BCUT2D eigenvalue weighted by Crippen LogP contribution is -2.50. The molecule has 2 atom stereocenters. The van der Waals surface area contributed by atoms with Gasteiger partial charge in [-0.2, -0.15) is 0 Å². The Morgan fingerprint density at radius 3 is 2.71 bits per heavy atom. The van der Waals surface area contributed by atoms with E-state index >= 15 is 0 Å². The number of aliphatic hydroxyl groups excluding tert-OH is 1. The third kappa shape index (κ3) is 2.04. The molecule has 0 aromatic carbocycles. The minimum Gasteiger partial charge on any atom is -0.394 e. The van der Waals surface area contributed by atoms with E-state index in [4.69, 9.17) is 5.11 Å². The third-order valence-corrected chi connectivity index (χ3v) is 2.70. The van der Waals surface area contributed by atoms with Crippen molar-refractivity contribution < 1.29 is 9.90 Å². The lowest BCUT2D eigenvalue weighted by molar-refractivity contribution is -0.132. The summed E-state index contributed by atoms with van der Waals surface area (Å²) in [7, 11) is 0. The Bertz CT molecular complexity index is 237. The lowest BCUT2D eigenvalue weighted by atomic mass is 9.95. The first kappa shape index (κ1) is 11.0. The Morgan fingerprint density at radius 2 is 2.21 bits per heavy atom. The smallest absolute Gasteiger partial charge is 0.246 e. The van der Waals surface area contributed by atoms with E-state index in [0.29, 0.717) is 0 Å². The number of carbonyl (C=O) groups is 1. The van der Waals surface area contributed by atoms with Crippen LogP contribution >= 0.6 is 0 Å². The predicted molar refractivity (Wildman–Crippen MR) is 55.8 cm³/mol. The van der Waals surface area contributed by atoms with Crippen LogP contribution in [0.1, 0.15) is 19.3 Å². The van der Waals surface area contributed by atoms with Crippen LogP contribution in [0.2, 0.25) is 0 Å². The summed E-state index contributed by atoms with van der Waals surface area (Å²) in [5.41, 5.74) is 0. The Hall–Kier alpha value is -1.09. The maximum Gasteiger partial charge on any atom is 0.246 e. The highest BCUT2D eigenvalue weighted by atomic mass is 16.3. The number of piperidine rings is 1. The molecule has 0 bridgehead atoms. The number of hydrogen-bond donors (Lipinski definition) is 1. The van der Waals surface area contributed by atoms with Crippen LogP contribution in [0.5, 0.6) is 0 Å². The summed E-state index contributed by atoms with van der Waals surface area (Å²) in [6.07, 6.45) is 5.89. The normalized spacial score (nSPS) is 27.1. The van der Waals surface area contributed by atoms with E-state index in [-0.39, 0.29) is 24.6 Å². The van der Waals surface area contributed by atoms with Crippen molar-refractivity contribution in [1.29, 1.82) is 0 Å². The minimum absolute atomic E-state index is 0.0178. The first-order valence-corrected chi connectivity index (χ1v) is 4.92. The number of aliphatic hydroxyl groups is 1. The summed E-state index contributed by atoms with van der Waals surface area (Å²) < 4.78 is 0. The van der Waals surface area contributed by atoms with Crippen LogP contribution in [0.25, 0.3) is 0 Å². The van der Waals surface area contributed by atoms with Gasteiger partial charge >= 0.3 is 0 Å². The first-order chi connectivity index (χ1) is 6.74. The van der Waals surface area contributed by atoms with Gasteiger partial charge in [0.05, 0.1) is 18.7 Å². The second-order valence-corrected chi connectivity index (χ2v) is 3.52. The fraction of sp³-hybridized carbons (Fsp3) is 0.545. The molecule has 1 aliphatic heterocycles. The molecule has 0 aliphatic carbocycles. The molecule has 3 nitrogen and oxygen atoms in total. The number of likely N-dealkylation sites (tertiary alicyclic amines) is 1. The van der Waals surface area contributed by atoms with Gasteiger partial charge in [-0.25, -0.2) is 0 Å². The van der Waals surface area contributed by atoms with Gasteiger partial charge in [0, 0.05) is 0 Å². The van der Waals surface area contributed by atoms with Crippen LogP contribution in [0.4, 0.5) is 0 Å². The highest BCUT2D eigenvalue weighted by Gasteiger charge is 2.30. The van der Waals surface area contributed by atoms with Gasteiger partial charge in [0.2, 0.25) is 5.91 Å². The van der Waals surface area contributed by atoms with Gasteiger partial charge in [0.25, 0.3) is 0 Å². The quantitative estimate of drug-likeness (QED) is 0.541. The zero-order chi connectivity index (χ0) is 10.6. The molecule has 0 radical (unpaired) electrons. The van der Waals surface area contributed by atoms with E-state index in [0.717, 1.165) is 19.3 Å². The molecule has 1 aliphatic rings. The second-order valence-electron chi connectivity index (χ2n) is 3.52. The predicted octanol–water partition coefficient (Wildman–Crippen LogP) is 1.10. The number of carbonyl (C=O) groups excluding carboxylic acids is 1. The van der Waals surface area contributed by atoms with Crippen molar-refractivity contribution in [3.05, 3.63) is 25.3 Å². The maximum absolute atomic E-state index is 11.6. The van der Waals surface area contributed by atoms with E-state index in [9.17, 15) is 4.79 Å². The van der Waals surface area contributed by atoms with Gasteiger partial charge < -0.3 is 10.0 Å². The summed E-state index contributed by atoms with van der Waals surface area (Å²) in [6, 6.07) is -0.0244. The Labute approximate surface area is 84.7 Å². The summed E-state index contributed by atoms with van der Waals surface area (Å²) in [6.45, 7) is 7.19. The maximum atomic E-state index is 11.6. The van der Waals surface area contributed by atoms with Crippen molar-refractivity contribution in [2.75, 3.05) is 6.61 Å². The largest absolute Gasteiger partial charge is 0.394 e. The van der Waals surface area contributed by atoms with Gasteiger partial charge in [-0.05, 0) is 25.3 Å². The summed E-state index contributed by atoms with van der Waals surface area (Å²) in [5.74, 6) is -0.117. The van der Waals surface area contributed by atoms with Crippen LogP contribution in [-0.2, 0) is 4.79 Å².